The molecule has 0 spiro atoms. The third-order valence-corrected chi connectivity index (χ3v) is 7.16. The molecule has 1 heterocycles. The van der Waals surface area contributed by atoms with Gasteiger partial charge in [-0.2, -0.15) is 26.3 Å². The van der Waals surface area contributed by atoms with Crippen LogP contribution in [0, 0.1) is 25.7 Å². The number of hydrogen-bond donors (Lipinski definition) is 2. The predicted molar refractivity (Wildman–Crippen MR) is 142 cm³/mol. The molecule has 2 aromatic carbocycles. The second kappa shape index (κ2) is 12.0. The van der Waals surface area contributed by atoms with Gasteiger partial charge in [0.25, 0.3) is 0 Å². The summed E-state index contributed by atoms with van der Waals surface area (Å²) in [7, 11) is 0. The molecule has 0 saturated carbocycles. The van der Waals surface area contributed by atoms with Gasteiger partial charge >= 0.3 is 23.9 Å². The van der Waals surface area contributed by atoms with Gasteiger partial charge in [-0.1, -0.05) is 50.1 Å². The molecule has 10 heteroatoms. The highest BCUT2D eigenvalue weighted by molar-refractivity contribution is 5.72. The second-order valence-electron chi connectivity index (χ2n) is 10.1. The van der Waals surface area contributed by atoms with E-state index < -0.39 is 23.9 Å². The average Bonchev–Trinajstić information content (AvgIpc) is 2.86. The van der Waals surface area contributed by atoms with E-state index >= 15 is 0 Å². The van der Waals surface area contributed by atoms with Crippen LogP contribution in [0.5, 0.6) is 0 Å². The maximum Gasteiger partial charge on any atom is 0.438 e. The first-order valence-electron chi connectivity index (χ1n) is 12.7. The molecule has 0 radical (unpaired) electrons. The highest BCUT2D eigenvalue weighted by atomic mass is 19.4. The van der Waals surface area contributed by atoms with Gasteiger partial charge in [0.05, 0.1) is 6.42 Å². The van der Waals surface area contributed by atoms with E-state index in [1.54, 1.807) is 24.4 Å². The number of aromatic nitrogens is 1. The van der Waals surface area contributed by atoms with Gasteiger partial charge in [0.1, 0.15) is 0 Å². The van der Waals surface area contributed by atoms with Gasteiger partial charge in [-0.15, -0.1) is 0 Å². The van der Waals surface area contributed by atoms with Gasteiger partial charge in [-0.25, -0.2) is 0 Å². The van der Waals surface area contributed by atoms with Crippen LogP contribution in [0.15, 0.2) is 54.9 Å². The van der Waals surface area contributed by atoms with E-state index in [9.17, 15) is 36.2 Å². The van der Waals surface area contributed by atoms with Crippen molar-refractivity contribution < 1.29 is 41.4 Å². The first kappa shape index (κ1) is 31.7. The van der Waals surface area contributed by atoms with Gasteiger partial charge < -0.3 is 10.2 Å². The van der Waals surface area contributed by atoms with Crippen molar-refractivity contribution in [1.82, 2.24) is 4.98 Å². The van der Waals surface area contributed by atoms with Crippen molar-refractivity contribution in [2.75, 3.05) is 0 Å². The molecular formula is C31H29F6NO3. The molecule has 1 aromatic heterocycles. The molecule has 2 atom stereocenters. The summed E-state index contributed by atoms with van der Waals surface area (Å²) in [4.78, 5) is 15.2. The van der Waals surface area contributed by atoms with Gasteiger partial charge in [0, 0.05) is 23.5 Å². The number of aliphatic hydroxyl groups is 1. The maximum atomic E-state index is 13.0. The van der Waals surface area contributed by atoms with Crippen LogP contribution in [0.3, 0.4) is 0 Å². The number of hydrogen-bond acceptors (Lipinski definition) is 3. The monoisotopic (exact) mass is 577 g/mol. The van der Waals surface area contributed by atoms with E-state index in [1.165, 1.54) is 19.2 Å². The number of aliphatic carboxylic acids is 1. The zero-order valence-corrected chi connectivity index (χ0v) is 22.8. The lowest BCUT2D eigenvalue weighted by Crippen LogP contribution is -2.55. The lowest BCUT2D eigenvalue weighted by molar-refractivity contribution is -0.343. The van der Waals surface area contributed by atoms with Gasteiger partial charge in [0.2, 0.25) is 0 Å². The summed E-state index contributed by atoms with van der Waals surface area (Å²) in [6, 6.07) is 12.4. The number of carboxylic acids is 1. The molecule has 3 rings (SSSR count). The number of nitrogens with zero attached hydrogens (tertiary/aromatic N) is 1. The van der Waals surface area contributed by atoms with Crippen LogP contribution >= 0.6 is 0 Å². The fraction of sp³-hybridized carbons (Fsp3) is 0.355. The lowest BCUT2D eigenvalue weighted by Gasteiger charge is -2.27. The summed E-state index contributed by atoms with van der Waals surface area (Å²) in [5.74, 6) is 1.91. The average molecular weight is 578 g/mol. The Morgan fingerprint density at radius 1 is 0.927 bits per heavy atom. The number of aryl methyl sites for hydroxylation is 2. The molecule has 2 N–H and O–H groups in total. The third-order valence-electron chi connectivity index (χ3n) is 7.16. The Morgan fingerprint density at radius 3 is 2.07 bits per heavy atom. The van der Waals surface area contributed by atoms with Gasteiger partial charge in [0.15, 0.2) is 0 Å². The summed E-state index contributed by atoms with van der Waals surface area (Å²) in [5.41, 5.74) is 0.308. The van der Waals surface area contributed by atoms with E-state index in [-0.39, 0.29) is 23.8 Å². The zero-order valence-electron chi connectivity index (χ0n) is 22.8. The molecule has 218 valence electrons. The molecule has 0 aliphatic heterocycles. The Labute approximate surface area is 234 Å². The summed E-state index contributed by atoms with van der Waals surface area (Å²) in [6.45, 7) is 7.50. The Hall–Kier alpha value is -3.84. The molecule has 41 heavy (non-hydrogen) atoms. The van der Waals surface area contributed by atoms with Crippen molar-refractivity contribution in [2.24, 2.45) is 0 Å². The minimum absolute atomic E-state index is 0.00102. The molecule has 3 aromatic rings. The van der Waals surface area contributed by atoms with Crippen molar-refractivity contribution >= 4 is 5.97 Å². The molecule has 2 unspecified atom stereocenters. The van der Waals surface area contributed by atoms with Crippen molar-refractivity contribution in [1.29, 1.82) is 0 Å². The van der Waals surface area contributed by atoms with E-state index in [4.69, 9.17) is 5.11 Å². The third kappa shape index (κ3) is 6.91. The fourth-order valence-electron chi connectivity index (χ4n) is 4.83. The molecule has 0 aliphatic carbocycles. The van der Waals surface area contributed by atoms with Gasteiger partial charge in [-0.05, 0) is 83.5 Å². The van der Waals surface area contributed by atoms with Crippen molar-refractivity contribution in [3.63, 3.8) is 0 Å². The molecule has 0 fully saturated rings. The minimum atomic E-state index is -6.01. The number of alkyl halides is 6. The van der Waals surface area contributed by atoms with E-state index in [0.717, 1.165) is 33.7 Å². The van der Waals surface area contributed by atoms with E-state index in [2.05, 4.69) is 4.98 Å². The largest absolute Gasteiger partial charge is 0.481 e. The Bertz CT molecular complexity index is 1470. The summed E-state index contributed by atoms with van der Waals surface area (Å²) < 4.78 is 77.9. The molecule has 4 nitrogen and oxygen atoms in total. The fourth-order valence-corrected chi connectivity index (χ4v) is 4.83. The SMILES string of the molecule is CCC(c1ccc(C#CC(O)(C(F)(F)F)C(F)(F)F)c(C)c1)C(C)c1ccc(-c2cncc(CC(=O)O)c2)c(C)c1. The van der Waals surface area contributed by atoms with Crippen LogP contribution in [0.2, 0.25) is 0 Å². The Morgan fingerprint density at radius 2 is 1.54 bits per heavy atom. The van der Waals surface area contributed by atoms with Crippen LogP contribution in [-0.4, -0.2) is 39.1 Å². The Balaban J connectivity index is 1.90. The molecule has 0 amide bonds. The first-order valence-corrected chi connectivity index (χ1v) is 12.7. The number of pyridine rings is 1. The second-order valence-corrected chi connectivity index (χ2v) is 10.1. The molecular weight excluding hydrogens is 548 g/mol. The highest BCUT2D eigenvalue weighted by Gasteiger charge is 2.70. The topological polar surface area (TPSA) is 70.4 Å². The minimum Gasteiger partial charge on any atom is -0.481 e. The normalized spacial score (nSPS) is 13.7. The molecule has 0 saturated heterocycles. The van der Waals surface area contributed by atoms with Crippen LogP contribution in [0.4, 0.5) is 26.3 Å². The standard InChI is InChI=1S/C31H29F6NO3/c1-5-26(24-7-6-22(18(2)12-24)10-11-29(41,30(32,33)34)31(35,36)37)20(4)23-8-9-27(19(3)13-23)25-14-21(15-28(39)40)16-38-17-25/h6-9,12-14,16-17,20,26,41H,5,15H2,1-4H3,(H,39,40). The Kier molecular flexibility index (Phi) is 9.24. The van der Waals surface area contributed by atoms with Crippen molar-refractivity contribution in [3.05, 3.63) is 88.2 Å². The zero-order chi connectivity index (χ0) is 30.8. The van der Waals surface area contributed by atoms with Crippen molar-refractivity contribution in [3.8, 4) is 23.0 Å². The van der Waals surface area contributed by atoms with Crippen molar-refractivity contribution in [2.45, 2.75) is 70.3 Å². The van der Waals surface area contributed by atoms with Gasteiger partial charge in [-0.3, -0.25) is 9.78 Å². The van der Waals surface area contributed by atoms with E-state index in [0.29, 0.717) is 17.5 Å². The van der Waals surface area contributed by atoms with Crippen LogP contribution < -0.4 is 0 Å². The molecule has 0 aliphatic rings. The maximum absolute atomic E-state index is 13.0. The summed E-state index contributed by atoms with van der Waals surface area (Å²) in [6.07, 6.45) is -8.28. The number of benzene rings is 2. The quantitative estimate of drug-likeness (QED) is 0.225. The number of halogens is 6. The summed E-state index contributed by atoms with van der Waals surface area (Å²) >= 11 is 0. The smallest absolute Gasteiger partial charge is 0.438 e. The first-order chi connectivity index (χ1) is 19.0. The van der Waals surface area contributed by atoms with Crippen LogP contribution in [-0.2, 0) is 11.2 Å². The highest BCUT2D eigenvalue weighted by Crippen LogP contribution is 2.43. The number of rotatable bonds is 7. The number of carbonyl (C=O) groups is 1. The lowest BCUT2D eigenvalue weighted by atomic mass is 9.79. The van der Waals surface area contributed by atoms with Crippen LogP contribution in [0.1, 0.15) is 65.5 Å². The number of carboxylic acid groups (broad SMARTS) is 1. The molecule has 0 bridgehead atoms. The van der Waals surface area contributed by atoms with E-state index in [1.807, 2.05) is 44.9 Å². The van der Waals surface area contributed by atoms with Crippen LogP contribution in [0.25, 0.3) is 11.1 Å². The predicted octanol–water partition coefficient (Wildman–Crippen LogP) is 7.50. The summed E-state index contributed by atoms with van der Waals surface area (Å²) in [5, 5.41) is 18.4.